The maximum atomic E-state index is 12.9. The number of nitrogens with zero attached hydrogens (tertiary/aromatic N) is 5. The van der Waals surface area contributed by atoms with Crippen LogP contribution in [0.1, 0.15) is 30.9 Å². The smallest absolute Gasteiger partial charge is 0.263 e. The Bertz CT molecular complexity index is 1430. The minimum absolute atomic E-state index is 0.0201. The molecule has 0 amide bonds. The summed E-state index contributed by atoms with van der Waals surface area (Å²) in [5.41, 5.74) is 5.04. The van der Waals surface area contributed by atoms with Gasteiger partial charge in [-0.3, -0.25) is 4.40 Å². The van der Waals surface area contributed by atoms with E-state index in [4.69, 9.17) is 4.98 Å². The molecule has 0 aliphatic heterocycles. The molecule has 5 aromatic rings. The van der Waals surface area contributed by atoms with Crippen molar-refractivity contribution in [2.24, 2.45) is 0 Å². The average Bonchev–Trinajstić information content (AvgIpc) is 3.32. The summed E-state index contributed by atoms with van der Waals surface area (Å²) in [7, 11) is 1.97. The summed E-state index contributed by atoms with van der Waals surface area (Å²) in [6.45, 7) is 2.17. The van der Waals surface area contributed by atoms with Gasteiger partial charge in [0.2, 0.25) is 0 Å². The van der Waals surface area contributed by atoms with Crippen molar-refractivity contribution in [2.75, 3.05) is 11.9 Å². The van der Waals surface area contributed by atoms with Crippen molar-refractivity contribution in [3.05, 3.63) is 84.2 Å². The van der Waals surface area contributed by atoms with Crippen LogP contribution in [0.4, 0.5) is 20.3 Å². The van der Waals surface area contributed by atoms with Gasteiger partial charge >= 0.3 is 0 Å². The molecule has 166 valence electrons. The van der Waals surface area contributed by atoms with E-state index in [-0.39, 0.29) is 5.56 Å². The molecule has 5 rings (SSSR count). The Morgan fingerprint density at radius 2 is 1.79 bits per heavy atom. The van der Waals surface area contributed by atoms with Crippen molar-refractivity contribution in [1.82, 2.24) is 19.6 Å². The van der Waals surface area contributed by atoms with Crippen LogP contribution in [0.5, 0.6) is 0 Å². The lowest BCUT2D eigenvalue weighted by Crippen LogP contribution is -2.13. The van der Waals surface area contributed by atoms with Crippen LogP contribution in [-0.4, -0.2) is 26.6 Å². The van der Waals surface area contributed by atoms with Gasteiger partial charge in [-0.2, -0.15) is 4.98 Å². The van der Waals surface area contributed by atoms with Crippen LogP contribution in [-0.2, 0) is 6.42 Å². The summed E-state index contributed by atoms with van der Waals surface area (Å²) in [4.78, 5) is 6.80. The van der Waals surface area contributed by atoms with Crippen LogP contribution in [0, 0.1) is 0 Å². The standard InChI is InChI=1S/C26H23F2N5/c1-3-5-17-8-13-22-23(14-17)33-16-29-31-26(33)30-25(22)32(2)21-7-4-6-20(15-21)18-9-11-19(12-10-18)24(27)28/h4,6-16,24H,3,5H2,1-2H3. The summed E-state index contributed by atoms with van der Waals surface area (Å²) in [5.74, 6) is 1.32. The Kier molecular flexibility index (Phi) is 5.46. The molecule has 5 nitrogen and oxygen atoms in total. The lowest BCUT2D eigenvalue weighted by Gasteiger charge is -2.21. The number of fused-ring (bicyclic) bond motifs is 3. The van der Waals surface area contributed by atoms with Gasteiger partial charge in [0.25, 0.3) is 12.2 Å². The van der Waals surface area contributed by atoms with Gasteiger partial charge in [-0.1, -0.05) is 55.8 Å². The normalized spacial score (nSPS) is 11.5. The topological polar surface area (TPSA) is 46.3 Å². The molecule has 0 unspecified atom stereocenters. The zero-order valence-corrected chi connectivity index (χ0v) is 18.4. The molecule has 2 heterocycles. The van der Waals surface area contributed by atoms with Crippen LogP contribution in [0.3, 0.4) is 0 Å². The van der Waals surface area contributed by atoms with E-state index in [1.54, 1.807) is 18.5 Å². The maximum absolute atomic E-state index is 12.9. The number of hydrogen-bond acceptors (Lipinski definition) is 4. The number of hydrogen-bond donors (Lipinski definition) is 0. The molecule has 0 saturated heterocycles. The fourth-order valence-electron chi connectivity index (χ4n) is 4.13. The third-order valence-electron chi connectivity index (χ3n) is 5.88. The highest BCUT2D eigenvalue weighted by atomic mass is 19.3. The van der Waals surface area contributed by atoms with Crippen LogP contribution < -0.4 is 4.90 Å². The first-order chi connectivity index (χ1) is 16.0. The molecular weight excluding hydrogens is 420 g/mol. The molecule has 3 aromatic carbocycles. The monoisotopic (exact) mass is 443 g/mol. The number of halogens is 2. The van der Waals surface area contributed by atoms with Crippen molar-refractivity contribution in [2.45, 2.75) is 26.2 Å². The van der Waals surface area contributed by atoms with Gasteiger partial charge in [-0.25, -0.2) is 8.78 Å². The second kappa shape index (κ2) is 8.58. The number of alkyl halides is 2. The third-order valence-corrected chi connectivity index (χ3v) is 5.88. The zero-order valence-electron chi connectivity index (χ0n) is 18.4. The van der Waals surface area contributed by atoms with E-state index >= 15 is 0 Å². The van der Waals surface area contributed by atoms with Gasteiger partial charge < -0.3 is 4.90 Å². The van der Waals surface area contributed by atoms with Crippen molar-refractivity contribution >= 4 is 28.2 Å². The molecule has 0 radical (unpaired) electrons. The molecule has 2 aromatic heterocycles. The predicted octanol–water partition coefficient (Wildman–Crippen LogP) is 6.60. The molecule has 7 heteroatoms. The third kappa shape index (κ3) is 3.91. The van der Waals surface area contributed by atoms with Gasteiger partial charge in [0.05, 0.1) is 5.52 Å². The molecule has 0 saturated carbocycles. The summed E-state index contributed by atoms with van der Waals surface area (Å²) in [6, 6.07) is 20.8. The average molecular weight is 444 g/mol. The highest BCUT2D eigenvalue weighted by molar-refractivity contribution is 5.94. The van der Waals surface area contributed by atoms with E-state index in [9.17, 15) is 8.78 Å². The van der Waals surface area contributed by atoms with Crippen LogP contribution in [0.25, 0.3) is 27.8 Å². The Morgan fingerprint density at radius 1 is 0.970 bits per heavy atom. The first-order valence-corrected chi connectivity index (χ1v) is 10.9. The van der Waals surface area contributed by atoms with Crippen LogP contribution in [0.2, 0.25) is 0 Å². The molecule has 0 bridgehead atoms. The van der Waals surface area contributed by atoms with E-state index in [1.807, 2.05) is 40.6 Å². The Morgan fingerprint density at radius 3 is 2.55 bits per heavy atom. The first kappa shape index (κ1) is 21.0. The minimum Gasteiger partial charge on any atom is -0.329 e. The Balaban J connectivity index is 1.58. The van der Waals surface area contributed by atoms with Crippen molar-refractivity contribution in [1.29, 1.82) is 0 Å². The quantitative estimate of drug-likeness (QED) is 0.297. The predicted molar refractivity (Wildman–Crippen MR) is 127 cm³/mol. The van der Waals surface area contributed by atoms with Crippen molar-refractivity contribution in [3.63, 3.8) is 0 Å². The fourth-order valence-corrected chi connectivity index (χ4v) is 4.13. The molecule has 0 aliphatic rings. The fraction of sp³-hybridized carbons (Fsp3) is 0.192. The number of aryl methyl sites for hydroxylation is 1. The molecule has 0 fully saturated rings. The number of rotatable bonds is 6. The first-order valence-electron chi connectivity index (χ1n) is 10.9. The maximum Gasteiger partial charge on any atom is 0.263 e. The van der Waals surface area contributed by atoms with Gasteiger partial charge in [-0.15, -0.1) is 10.2 Å². The van der Waals surface area contributed by atoms with Gasteiger partial charge in [0.1, 0.15) is 12.1 Å². The van der Waals surface area contributed by atoms with E-state index < -0.39 is 6.43 Å². The van der Waals surface area contributed by atoms with Crippen LogP contribution in [0.15, 0.2) is 73.1 Å². The van der Waals surface area contributed by atoms with E-state index in [0.29, 0.717) is 5.78 Å². The van der Waals surface area contributed by atoms with E-state index in [1.165, 1.54) is 17.7 Å². The molecular formula is C26H23F2N5. The van der Waals surface area contributed by atoms with Crippen molar-refractivity contribution < 1.29 is 8.78 Å². The number of benzene rings is 3. The van der Waals surface area contributed by atoms with Gasteiger partial charge in [-0.05, 0) is 47.4 Å². The minimum atomic E-state index is -2.47. The number of anilines is 2. The Hall–Kier alpha value is -3.87. The second-order valence-corrected chi connectivity index (χ2v) is 8.07. The Labute approximate surface area is 190 Å². The molecule has 0 aliphatic carbocycles. The molecule has 33 heavy (non-hydrogen) atoms. The summed E-state index contributed by atoms with van der Waals surface area (Å²) < 4.78 is 27.7. The molecule has 0 N–H and O–H groups in total. The van der Waals surface area contributed by atoms with E-state index in [0.717, 1.165) is 46.4 Å². The highest BCUT2D eigenvalue weighted by Gasteiger charge is 2.16. The largest absolute Gasteiger partial charge is 0.329 e. The SMILES string of the molecule is CCCc1ccc2c(N(C)c3cccc(-c4ccc(C(F)F)cc4)c3)nc3nncn3c2c1. The van der Waals surface area contributed by atoms with Crippen LogP contribution >= 0.6 is 0 Å². The van der Waals surface area contributed by atoms with Gasteiger partial charge in [0.15, 0.2) is 0 Å². The lowest BCUT2D eigenvalue weighted by atomic mass is 10.0. The van der Waals surface area contributed by atoms with E-state index in [2.05, 4.69) is 35.3 Å². The second-order valence-electron chi connectivity index (χ2n) is 8.07. The zero-order chi connectivity index (χ0) is 22.9. The summed E-state index contributed by atoms with van der Waals surface area (Å²) in [5, 5.41) is 9.23. The van der Waals surface area contributed by atoms with Crippen molar-refractivity contribution in [3.8, 4) is 11.1 Å². The lowest BCUT2D eigenvalue weighted by molar-refractivity contribution is 0.151. The molecule has 0 atom stereocenters. The summed E-state index contributed by atoms with van der Waals surface area (Å²) in [6.07, 6.45) is 1.29. The summed E-state index contributed by atoms with van der Waals surface area (Å²) >= 11 is 0. The number of aromatic nitrogens is 4. The highest BCUT2D eigenvalue weighted by Crippen LogP contribution is 2.33. The van der Waals surface area contributed by atoms with Gasteiger partial charge in [0, 0.05) is 23.7 Å². The molecule has 0 spiro atoms.